The third-order valence-electron chi connectivity index (χ3n) is 4.95. The number of benzene rings is 2. The fraction of sp³-hybridized carbons (Fsp3) is 0.136. The van der Waals surface area contributed by atoms with Gasteiger partial charge in [-0.3, -0.25) is 23.9 Å². The zero-order valence-corrected chi connectivity index (χ0v) is 16.8. The van der Waals surface area contributed by atoms with E-state index < -0.39 is 5.91 Å². The van der Waals surface area contributed by atoms with E-state index in [0.29, 0.717) is 29.4 Å². The third-order valence-corrected chi connectivity index (χ3v) is 5.89. The van der Waals surface area contributed by atoms with Crippen molar-refractivity contribution in [1.29, 1.82) is 0 Å². The van der Waals surface area contributed by atoms with Crippen LogP contribution in [-0.2, 0) is 19.5 Å². The maximum atomic E-state index is 13.2. The predicted molar refractivity (Wildman–Crippen MR) is 115 cm³/mol. The number of carbonyl (C=O) groups is 1. The van der Waals surface area contributed by atoms with E-state index in [1.54, 1.807) is 69.9 Å². The number of nitrogens with zero attached hydrogens (tertiary/aromatic N) is 2. The Kier molecular flexibility index (Phi) is 5.60. The Hall–Kier alpha value is -3.49. The fourth-order valence-electron chi connectivity index (χ4n) is 3.41. The van der Waals surface area contributed by atoms with Gasteiger partial charge in [0.2, 0.25) is 0 Å². The van der Waals surface area contributed by atoms with Crippen LogP contribution in [0.5, 0.6) is 0 Å². The van der Waals surface area contributed by atoms with E-state index in [9.17, 15) is 14.4 Å². The Morgan fingerprint density at radius 2 is 1.73 bits per heavy atom. The van der Waals surface area contributed by atoms with E-state index >= 15 is 0 Å². The van der Waals surface area contributed by atoms with Gasteiger partial charge in [-0.15, -0.1) is 11.3 Å². The molecule has 0 unspecified atom stereocenters. The average molecular weight is 421 g/mol. The molecule has 0 bridgehead atoms. The van der Waals surface area contributed by atoms with Crippen molar-refractivity contribution in [3.05, 3.63) is 103 Å². The minimum absolute atomic E-state index is 0.250. The molecule has 0 aliphatic heterocycles. The highest BCUT2D eigenvalue weighted by atomic mass is 32.1. The number of hydrogen-bond acceptors (Lipinski definition) is 5. The van der Waals surface area contributed by atoms with Crippen molar-refractivity contribution in [1.82, 2.24) is 14.6 Å². The van der Waals surface area contributed by atoms with Gasteiger partial charge in [0.1, 0.15) is 0 Å². The highest BCUT2D eigenvalue weighted by Crippen LogP contribution is 2.13. The molecule has 1 amide bonds. The molecule has 2 heterocycles. The van der Waals surface area contributed by atoms with Gasteiger partial charge in [0.15, 0.2) is 0 Å². The van der Waals surface area contributed by atoms with Gasteiger partial charge in [-0.25, -0.2) is 10.3 Å². The van der Waals surface area contributed by atoms with Gasteiger partial charge in [-0.1, -0.05) is 30.3 Å². The first kappa shape index (κ1) is 19.8. The molecular weight excluding hydrogens is 402 g/mol. The molecular formula is C22H19N3O4S. The molecule has 2 aromatic heterocycles. The minimum Gasteiger partial charge on any atom is -0.289 e. The third kappa shape index (κ3) is 3.83. The summed E-state index contributed by atoms with van der Waals surface area (Å²) in [6.07, 6.45) is 0.607. The van der Waals surface area contributed by atoms with Crippen LogP contribution in [-0.4, -0.2) is 20.2 Å². The molecule has 8 heteroatoms. The van der Waals surface area contributed by atoms with Gasteiger partial charge >= 0.3 is 5.69 Å². The van der Waals surface area contributed by atoms with Crippen molar-refractivity contribution >= 4 is 28.1 Å². The van der Waals surface area contributed by atoms with Crippen molar-refractivity contribution in [2.75, 3.05) is 0 Å². The standard InChI is InChI=1S/C22H19N3O4S/c26-20(23-29)16-9-7-15(8-10-16)14-25-19-6-2-1-5-18(19)21(27)24(22(25)28)12-11-17-4-3-13-30-17/h1-10,13,29H,11-12,14H2,(H,23,26). The first-order chi connectivity index (χ1) is 14.6. The lowest BCUT2D eigenvalue weighted by Crippen LogP contribution is -2.40. The molecule has 4 rings (SSSR count). The minimum atomic E-state index is -0.605. The largest absolute Gasteiger partial charge is 0.331 e. The zero-order chi connectivity index (χ0) is 21.1. The summed E-state index contributed by atoms with van der Waals surface area (Å²) in [5.41, 5.74) is 2.59. The number of amides is 1. The maximum Gasteiger partial charge on any atom is 0.331 e. The number of rotatable bonds is 6. The number of nitrogens with one attached hydrogen (secondary N) is 1. The number of carbonyl (C=O) groups excluding carboxylic acids is 1. The Balaban J connectivity index is 1.75. The molecule has 152 valence electrons. The van der Waals surface area contributed by atoms with Crippen LogP contribution in [0.3, 0.4) is 0 Å². The van der Waals surface area contributed by atoms with Crippen molar-refractivity contribution in [2.45, 2.75) is 19.5 Å². The number of hydrogen-bond donors (Lipinski definition) is 2. The van der Waals surface area contributed by atoms with Crippen LogP contribution >= 0.6 is 11.3 Å². The van der Waals surface area contributed by atoms with Gasteiger partial charge < -0.3 is 0 Å². The first-order valence-electron chi connectivity index (χ1n) is 9.36. The lowest BCUT2D eigenvalue weighted by Gasteiger charge is -2.14. The number of fused-ring (bicyclic) bond motifs is 1. The molecule has 0 radical (unpaired) electrons. The highest BCUT2D eigenvalue weighted by molar-refractivity contribution is 7.09. The van der Waals surface area contributed by atoms with E-state index in [1.807, 2.05) is 17.5 Å². The molecule has 0 fully saturated rings. The monoisotopic (exact) mass is 421 g/mol. The summed E-state index contributed by atoms with van der Waals surface area (Å²) < 4.78 is 2.86. The summed E-state index contributed by atoms with van der Waals surface area (Å²) in [6, 6.07) is 17.6. The molecule has 0 spiro atoms. The van der Waals surface area contributed by atoms with Crippen molar-refractivity contribution in [3.63, 3.8) is 0 Å². The van der Waals surface area contributed by atoms with Crippen molar-refractivity contribution < 1.29 is 10.0 Å². The molecule has 0 saturated heterocycles. The van der Waals surface area contributed by atoms with Gasteiger partial charge in [0, 0.05) is 17.0 Å². The van der Waals surface area contributed by atoms with Crippen LogP contribution < -0.4 is 16.7 Å². The SMILES string of the molecule is O=C(NO)c1ccc(Cn2c(=O)n(CCc3cccs3)c(=O)c3ccccc32)cc1. The van der Waals surface area contributed by atoms with Crippen LogP contribution in [0, 0.1) is 0 Å². The molecule has 2 aromatic carbocycles. The molecule has 30 heavy (non-hydrogen) atoms. The second-order valence-electron chi connectivity index (χ2n) is 6.81. The van der Waals surface area contributed by atoms with Gasteiger partial charge in [-0.05, 0) is 47.7 Å². The highest BCUT2D eigenvalue weighted by Gasteiger charge is 2.14. The van der Waals surface area contributed by atoms with Crippen LogP contribution in [0.4, 0.5) is 0 Å². The quantitative estimate of drug-likeness (QED) is 0.370. The Morgan fingerprint density at radius 1 is 0.967 bits per heavy atom. The number of aromatic nitrogens is 2. The predicted octanol–water partition coefficient (Wildman–Crippen LogP) is 2.63. The Morgan fingerprint density at radius 3 is 2.43 bits per heavy atom. The Labute approximate surface area is 175 Å². The summed E-state index contributed by atoms with van der Waals surface area (Å²) in [4.78, 5) is 38.8. The molecule has 4 aromatic rings. The van der Waals surface area contributed by atoms with Gasteiger partial charge in [0.05, 0.1) is 17.4 Å². The normalized spacial score (nSPS) is 11.0. The number of aryl methyl sites for hydroxylation is 1. The lowest BCUT2D eigenvalue weighted by atomic mass is 10.1. The summed E-state index contributed by atoms with van der Waals surface area (Å²) >= 11 is 1.60. The van der Waals surface area contributed by atoms with E-state index in [-0.39, 0.29) is 17.8 Å². The topological polar surface area (TPSA) is 93.3 Å². The molecule has 0 atom stereocenters. The number of para-hydroxylation sites is 1. The van der Waals surface area contributed by atoms with E-state index in [4.69, 9.17) is 5.21 Å². The molecule has 0 aliphatic rings. The second-order valence-corrected chi connectivity index (χ2v) is 7.84. The fourth-order valence-corrected chi connectivity index (χ4v) is 4.10. The summed E-state index contributed by atoms with van der Waals surface area (Å²) in [5, 5.41) is 11.2. The van der Waals surface area contributed by atoms with E-state index in [2.05, 4.69) is 0 Å². The van der Waals surface area contributed by atoms with Crippen molar-refractivity contribution in [3.8, 4) is 0 Å². The van der Waals surface area contributed by atoms with E-state index in [1.165, 1.54) is 4.57 Å². The molecule has 2 N–H and O–H groups in total. The maximum absolute atomic E-state index is 13.2. The average Bonchev–Trinajstić information content (AvgIpc) is 3.30. The summed E-state index contributed by atoms with van der Waals surface area (Å²) in [6.45, 7) is 0.554. The second kappa shape index (κ2) is 8.48. The zero-order valence-electron chi connectivity index (χ0n) is 15.9. The van der Waals surface area contributed by atoms with Gasteiger partial charge in [0.25, 0.3) is 11.5 Å². The van der Waals surface area contributed by atoms with E-state index in [0.717, 1.165) is 10.4 Å². The van der Waals surface area contributed by atoms with Gasteiger partial charge in [-0.2, -0.15) is 0 Å². The molecule has 7 nitrogen and oxygen atoms in total. The lowest BCUT2D eigenvalue weighted by molar-refractivity contribution is 0.0706. The van der Waals surface area contributed by atoms with Crippen LogP contribution in [0.15, 0.2) is 75.6 Å². The van der Waals surface area contributed by atoms with Crippen LogP contribution in [0.25, 0.3) is 10.9 Å². The number of hydroxylamine groups is 1. The van der Waals surface area contributed by atoms with Crippen LogP contribution in [0.2, 0.25) is 0 Å². The van der Waals surface area contributed by atoms with Crippen LogP contribution in [0.1, 0.15) is 20.8 Å². The molecule has 0 saturated carbocycles. The Bertz CT molecular complexity index is 1310. The number of thiophene rings is 1. The van der Waals surface area contributed by atoms with Crippen molar-refractivity contribution in [2.24, 2.45) is 0 Å². The molecule has 0 aliphatic carbocycles. The first-order valence-corrected chi connectivity index (χ1v) is 10.2. The summed E-state index contributed by atoms with van der Waals surface area (Å²) in [5.74, 6) is -0.605. The summed E-state index contributed by atoms with van der Waals surface area (Å²) in [7, 11) is 0. The smallest absolute Gasteiger partial charge is 0.289 e.